The van der Waals surface area contributed by atoms with E-state index in [2.05, 4.69) is 22.1 Å². The second-order valence-electron chi connectivity index (χ2n) is 4.74. The lowest BCUT2D eigenvalue weighted by Gasteiger charge is -2.27. The van der Waals surface area contributed by atoms with Crippen LogP contribution in [-0.4, -0.2) is 41.4 Å². The van der Waals surface area contributed by atoms with E-state index in [0.29, 0.717) is 17.9 Å². The molecule has 2 heterocycles. The van der Waals surface area contributed by atoms with E-state index in [1.54, 1.807) is 18.3 Å². The molecule has 2 rings (SSSR count). The van der Waals surface area contributed by atoms with E-state index in [1.807, 2.05) is 6.92 Å². The van der Waals surface area contributed by atoms with Crippen molar-refractivity contribution in [3.05, 3.63) is 29.6 Å². The Morgan fingerprint density at radius 3 is 3.25 bits per heavy atom. The SMILES string of the molecule is CC1CC(NC(=O)c2ncccc2C#CCO)CCO1. The zero-order valence-electron chi connectivity index (χ0n) is 11.4. The van der Waals surface area contributed by atoms with Crippen molar-refractivity contribution in [1.82, 2.24) is 10.3 Å². The maximum Gasteiger partial charge on any atom is 0.271 e. The molecule has 0 spiro atoms. The lowest BCUT2D eigenvalue weighted by molar-refractivity contribution is 0.0136. The van der Waals surface area contributed by atoms with Gasteiger partial charge in [-0.2, -0.15) is 0 Å². The minimum Gasteiger partial charge on any atom is -0.384 e. The van der Waals surface area contributed by atoms with Gasteiger partial charge in [-0.15, -0.1) is 0 Å². The lowest BCUT2D eigenvalue weighted by Crippen LogP contribution is -2.41. The summed E-state index contributed by atoms with van der Waals surface area (Å²) in [5.41, 5.74) is 0.826. The zero-order valence-corrected chi connectivity index (χ0v) is 11.4. The topological polar surface area (TPSA) is 71.5 Å². The highest BCUT2D eigenvalue weighted by molar-refractivity contribution is 5.94. The molecule has 2 unspecified atom stereocenters. The molecule has 0 bridgehead atoms. The van der Waals surface area contributed by atoms with Crippen LogP contribution in [0.15, 0.2) is 18.3 Å². The molecule has 1 saturated heterocycles. The van der Waals surface area contributed by atoms with Gasteiger partial charge in [0.15, 0.2) is 0 Å². The van der Waals surface area contributed by atoms with Crippen molar-refractivity contribution in [3.63, 3.8) is 0 Å². The van der Waals surface area contributed by atoms with Crippen LogP contribution in [0.3, 0.4) is 0 Å². The Bertz CT molecular complexity index is 533. The van der Waals surface area contributed by atoms with Gasteiger partial charge in [0, 0.05) is 18.8 Å². The maximum atomic E-state index is 12.3. The molecule has 1 amide bonds. The smallest absolute Gasteiger partial charge is 0.271 e. The molecule has 5 nitrogen and oxygen atoms in total. The third kappa shape index (κ3) is 3.80. The van der Waals surface area contributed by atoms with Gasteiger partial charge in [-0.1, -0.05) is 11.8 Å². The number of carbonyl (C=O) groups excluding carboxylic acids is 1. The Morgan fingerprint density at radius 1 is 1.65 bits per heavy atom. The zero-order chi connectivity index (χ0) is 14.4. The molecule has 1 aliphatic rings. The predicted octanol–water partition coefficient (Wildman–Crippen LogP) is 0.723. The van der Waals surface area contributed by atoms with Crippen LogP contribution in [0.5, 0.6) is 0 Å². The standard InChI is InChI=1S/C15H18N2O3/c1-11-10-13(6-9-20-11)17-15(19)14-12(5-3-8-18)4-2-7-16-14/h2,4,7,11,13,18H,6,8-10H2,1H3,(H,17,19). The molecule has 0 saturated carbocycles. The van der Waals surface area contributed by atoms with E-state index in [9.17, 15) is 4.79 Å². The number of hydrogen-bond donors (Lipinski definition) is 2. The third-order valence-corrected chi connectivity index (χ3v) is 3.15. The summed E-state index contributed by atoms with van der Waals surface area (Å²) in [6.45, 7) is 2.41. The summed E-state index contributed by atoms with van der Waals surface area (Å²) in [7, 11) is 0. The second kappa shape index (κ2) is 7.04. The minimum absolute atomic E-state index is 0.104. The van der Waals surface area contributed by atoms with E-state index in [-0.39, 0.29) is 24.7 Å². The van der Waals surface area contributed by atoms with E-state index in [4.69, 9.17) is 9.84 Å². The fourth-order valence-electron chi connectivity index (χ4n) is 2.20. The molecule has 1 fully saturated rings. The largest absolute Gasteiger partial charge is 0.384 e. The number of nitrogens with zero attached hydrogens (tertiary/aromatic N) is 1. The van der Waals surface area contributed by atoms with Crippen LogP contribution in [0.1, 0.15) is 35.8 Å². The molecule has 1 aliphatic heterocycles. The normalized spacial score (nSPS) is 21.7. The number of hydrogen-bond acceptors (Lipinski definition) is 4. The van der Waals surface area contributed by atoms with Crippen LogP contribution >= 0.6 is 0 Å². The van der Waals surface area contributed by atoms with Crippen molar-refractivity contribution < 1.29 is 14.6 Å². The van der Waals surface area contributed by atoms with Gasteiger partial charge in [0.1, 0.15) is 12.3 Å². The average molecular weight is 274 g/mol. The van der Waals surface area contributed by atoms with Gasteiger partial charge in [0.25, 0.3) is 5.91 Å². The highest BCUT2D eigenvalue weighted by atomic mass is 16.5. The highest BCUT2D eigenvalue weighted by Gasteiger charge is 2.22. The molecule has 2 N–H and O–H groups in total. The Morgan fingerprint density at radius 2 is 2.50 bits per heavy atom. The molecule has 106 valence electrons. The summed E-state index contributed by atoms with van der Waals surface area (Å²) in [5, 5.41) is 11.7. The Labute approximate surface area is 118 Å². The van der Waals surface area contributed by atoms with Crippen molar-refractivity contribution in [2.75, 3.05) is 13.2 Å². The summed E-state index contributed by atoms with van der Waals surface area (Å²) in [4.78, 5) is 16.3. The molecule has 0 aliphatic carbocycles. The van der Waals surface area contributed by atoms with Gasteiger partial charge < -0.3 is 15.2 Å². The lowest BCUT2D eigenvalue weighted by atomic mass is 10.0. The monoisotopic (exact) mass is 274 g/mol. The fourth-order valence-corrected chi connectivity index (χ4v) is 2.20. The minimum atomic E-state index is -0.243. The van der Waals surface area contributed by atoms with Crippen LogP contribution in [0.25, 0.3) is 0 Å². The molecular formula is C15H18N2O3. The molecule has 20 heavy (non-hydrogen) atoms. The van der Waals surface area contributed by atoms with Crippen molar-refractivity contribution in [2.24, 2.45) is 0 Å². The number of pyridine rings is 1. The first-order valence-corrected chi connectivity index (χ1v) is 6.68. The van der Waals surface area contributed by atoms with E-state index >= 15 is 0 Å². The summed E-state index contributed by atoms with van der Waals surface area (Å²) >= 11 is 0. The first-order valence-electron chi connectivity index (χ1n) is 6.68. The third-order valence-electron chi connectivity index (χ3n) is 3.15. The molecule has 0 radical (unpaired) electrons. The number of aromatic nitrogens is 1. The molecule has 1 aromatic rings. The maximum absolute atomic E-state index is 12.3. The first kappa shape index (κ1) is 14.5. The Balaban J connectivity index is 2.09. The molecule has 1 aromatic heterocycles. The van der Waals surface area contributed by atoms with Crippen LogP contribution in [0.2, 0.25) is 0 Å². The van der Waals surface area contributed by atoms with Crippen LogP contribution in [-0.2, 0) is 4.74 Å². The number of aliphatic hydroxyl groups is 1. The van der Waals surface area contributed by atoms with E-state index in [1.165, 1.54) is 0 Å². The van der Waals surface area contributed by atoms with E-state index < -0.39 is 0 Å². The molecule has 5 heteroatoms. The number of carbonyl (C=O) groups is 1. The Hall–Kier alpha value is -1.90. The molecule has 0 aromatic carbocycles. The number of ether oxygens (including phenoxy) is 1. The van der Waals surface area contributed by atoms with Gasteiger partial charge in [0.2, 0.25) is 0 Å². The van der Waals surface area contributed by atoms with Crippen LogP contribution in [0, 0.1) is 11.8 Å². The van der Waals surface area contributed by atoms with Gasteiger partial charge in [0.05, 0.1) is 11.7 Å². The second-order valence-corrected chi connectivity index (χ2v) is 4.74. The predicted molar refractivity (Wildman–Crippen MR) is 74.1 cm³/mol. The van der Waals surface area contributed by atoms with Crippen LogP contribution in [0.4, 0.5) is 0 Å². The number of nitrogens with one attached hydrogen (secondary N) is 1. The average Bonchev–Trinajstić information content (AvgIpc) is 2.45. The van der Waals surface area contributed by atoms with Crippen molar-refractivity contribution in [1.29, 1.82) is 0 Å². The Kier molecular flexibility index (Phi) is 5.10. The fraction of sp³-hybridized carbons (Fsp3) is 0.467. The highest BCUT2D eigenvalue weighted by Crippen LogP contribution is 2.14. The van der Waals surface area contributed by atoms with Crippen molar-refractivity contribution in [3.8, 4) is 11.8 Å². The summed E-state index contributed by atoms with van der Waals surface area (Å²) < 4.78 is 5.46. The van der Waals surface area contributed by atoms with Gasteiger partial charge in [-0.25, -0.2) is 4.98 Å². The summed E-state index contributed by atoms with van der Waals surface area (Å²) in [6.07, 6.45) is 3.33. The van der Waals surface area contributed by atoms with Gasteiger partial charge >= 0.3 is 0 Å². The first-order chi connectivity index (χ1) is 9.70. The van der Waals surface area contributed by atoms with Crippen molar-refractivity contribution >= 4 is 5.91 Å². The van der Waals surface area contributed by atoms with E-state index in [0.717, 1.165) is 12.8 Å². The number of amides is 1. The van der Waals surface area contributed by atoms with Crippen molar-refractivity contribution in [2.45, 2.75) is 31.9 Å². The van der Waals surface area contributed by atoms with Gasteiger partial charge in [-0.05, 0) is 31.9 Å². The number of rotatable bonds is 2. The quantitative estimate of drug-likeness (QED) is 0.780. The number of aliphatic hydroxyl groups excluding tert-OH is 1. The summed E-state index contributed by atoms with van der Waals surface area (Å²) in [5.74, 6) is 5.05. The molecular weight excluding hydrogens is 256 g/mol. The van der Waals surface area contributed by atoms with Gasteiger partial charge in [-0.3, -0.25) is 4.79 Å². The summed E-state index contributed by atoms with van der Waals surface area (Å²) in [6, 6.07) is 3.54. The molecule has 2 atom stereocenters. The van der Waals surface area contributed by atoms with Crippen LogP contribution < -0.4 is 5.32 Å².